The Hall–Kier alpha value is -3.06. The molecule has 3 aromatic carbocycles. The monoisotopic (exact) mass is 579 g/mol. The van der Waals surface area contributed by atoms with Crippen molar-refractivity contribution in [2.75, 3.05) is 33.8 Å². The van der Waals surface area contributed by atoms with Gasteiger partial charge in [0, 0.05) is 38.5 Å². The van der Waals surface area contributed by atoms with E-state index in [1.807, 2.05) is 66.5 Å². The van der Waals surface area contributed by atoms with Gasteiger partial charge in [0.1, 0.15) is 5.75 Å². The zero-order valence-electron chi connectivity index (χ0n) is 23.1. The summed E-state index contributed by atoms with van der Waals surface area (Å²) < 4.78 is 5.40. The highest BCUT2D eigenvalue weighted by molar-refractivity contribution is 6.42. The van der Waals surface area contributed by atoms with E-state index in [9.17, 15) is 9.59 Å². The molecule has 2 aliphatic heterocycles. The summed E-state index contributed by atoms with van der Waals surface area (Å²) in [6.45, 7) is 4.15. The number of amides is 2. The average molecular weight is 581 g/mol. The third kappa shape index (κ3) is 5.58. The molecule has 0 spiro atoms. The van der Waals surface area contributed by atoms with E-state index in [4.69, 9.17) is 27.9 Å². The van der Waals surface area contributed by atoms with Gasteiger partial charge in [-0.25, -0.2) is 0 Å². The maximum absolute atomic E-state index is 13.3. The number of nitrogens with one attached hydrogen (secondary N) is 1. The fraction of sp³-hybridized carbons (Fsp3) is 0.375. The van der Waals surface area contributed by atoms with Crippen molar-refractivity contribution < 1.29 is 14.3 Å². The van der Waals surface area contributed by atoms with Gasteiger partial charge in [-0.05, 0) is 66.8 Å². The Balaban J connectivity index is 1.39. The van der Waals surface area contributed by atoms with Crippen LogP contribution in [0.15, 0.2) is 66.7 Å². The molecular formula is C32H35Cl2N3O3. The number of ether oxygens (including phenoxy) is 1. The number of hydrogen-bond donors (Lipinski definition) is 1. The molecule has 0 aromatic heterocycles. The third-order valence-corrected chi connectivity index (χ3v) is 9.25. The summed E-state index contributed by atoms with van der Waals surface area (Å²) in [6, 6.07) is 21.7. The quantitative estimate of drug-likeness (QED) is 0.334. The first-order valence-corrected chi connectivity index (χ1v) is 14.4. The summed E-state index contributed by atoms with van der Waals surface area (Å²) in [5.74, 6) is 0.655. The molecule has 2 unspecified atom stereocenters. The Morgan fingerprint density at radius 3 is 2.42 bits per heavy atom. The molecule has 5 rings (SSSR count). The SMILES string of the molecule is COc1ccc2c(c1)C(=O)N(C)C2C(CCN1CCC(NC(C)=O)(c2ccccc2)CC1)c1ccc(Cl)c(Cl)c1. The Morgan fingerprint density at radius 1 is 1.05 bits per heavy atom. The molecule has 0 bridgehead atoms. The molecule has 1 N–H and O–H groups in total. The second-order valence-corrected chi connectivity index (χ2v) is 11.7. The highest BCUT2D eigenvalue weighted by Crippen LogP contribution is 2.46. The van der Waals surface area contributed by atoms with Gasteiger partial charge < -0.3 is 19.9 Å². The Kier molecular flexibility index (Phi) is 8.41. The van der Waals surface area contributed by atoms with Crippen LogP contribution in [0.25, 0.3) is 0 Å². The number of benzene rings is 3. The van der Waals surface area contributed by atoms with E-state index in [1.54, 1.807) is 14.0 Å². The van der Waals surface area contributed by atoms with Crippen molar-refractivity contribution in [3.63, 3.8) is 0 Å². The minimum absolute atomic E-state index is 0.00881. The van der Waals surface area contributed by atoms with Crippen molar-refractivity contribution in [1.29, 1.82) is 0 Å². The summed E-state index contributed by atoms with van der Waals surface area (Å²) in [4.78, 5) is 29.8. The molecular weight excluding hydrogens is 545 g/mol. The fourth-order valence-electron chi connectivity index (χ4n) is 6.43. The lowest BCUT2D eigenvalue weighted by Crippen LogP contribution is -2.52. The Labute approximate surface area is 246 Å². The van der Waals surface area contributed by atoms with Gasteiger partial charge in [0.2, 0.25) is 5.91 Å². The molecule has 0 saturated carbocycles. The van der Waals surface area contributed by atoms with Crippen LogP contribution in [0.5, 0.6) is 5.75 Å². The van der Waals surface area contributed by atoms with Crippen LogP contribution in [-0.4, -0.2) is 55.4 Å². The summed E-state index contributed by atoms with van der Waals surface area (Å²) in [6.07, 6.45) is 2.49. The van der Waals surface area contributed by atoms with Crippen molar-refractivity contribution in [3.05, 3.63) is 99.0 Å². The Bertz CT molecular complexity index is 1390. The van der Waals surface area contributed by atoms with Gasteiger partial charge >= 0.3 is 0 Å². The largest absolute Gasteiger partial charge is 0.497 e. The number of halogens is 2. The van der Waals surface area contributed by atoms with Crippen LogP contribution >= 0.6 is 23.2 Å². The first-order chi connectivity index (χ1) is 19.2. The molecule has 0 radical (unpaired) electrons. The average Bonchev–Trinajstić information content (AvgIpc) is 3.20. The van der Waals surface area contributed by atoms with Crippen LogP contribution in [0.4, 0.5) is 0 Å². The van der Waals surface area contributed by atoms with Gasteiger partial charge in [-0.15, -0.1) is 0 Å². The molecule has 8 heteroatoms. The van der Waals surface area contributed by atoms with Crippen LogP contribution in [0.1, 0.15) is 65.2 Å². The van der Waals surface area contributed by atoms with Crippen LogP contribution in [-0.2, 0) is 10.3 Å². The number of piperidine rings is 1. The maximum Gasteiger partial charge on any atom is 0.254 e. The summed E-state index contributed by atoms with van der Waals surface area (Å²) in [5.41, 5.74) is 3.52. The van der Waals surface area contributed by atoms with Gasteiger partial charge in [0.15, 0.2) is 0 Å². The molecule has 40 heavy (non-hydrogen) atoms. The maximum atomic E-state index is 13.3. The second kappa shape index (κ2) is 11.8. The highest BCUT2D eigenvalue weighted by Gasteiger charge is 2.41. The number of nitrogens with zero attached hydrogens (tertiary/aromatic N) is 2. The highest BCUT2D eigenvalue weighted by atomic mass is 35.5. The molecule has 2 amide bonds. The van der Waals surface area contributed by atoms with Gasteiger partial charge in [-0.1, -0.05) is 65.7 Å². The minimum atomic E-state index is -0.358. The van der Waals surface area contributed by atoms with E-state index in [0.717, 1.165) is 55.6 Å². The number of likely N-dealkylation sites (N-methyl/N-ethyl adjacent to an activating group) is 1. The summed E-state index contributed by atoms with van der Waals surface area (Å²) >= 11 is 12.8. The lowest BCUT2D eigenvalue weighted by Gasteiger charge is -2.43. The van der Waals surface area contributed by atoms with Crippen molar-refractivity contribution >= 4 is 35.0 Å². The van der Waals surface area contributed by atoms with Gasteiger partial charge in [-0.2, -0.15) is 0 Å². The predicted octanol–water partition coefficient (Wildman–Crippen LogP) is 6.43. The molecule has 1 fully saturated rings. The molecule has 1 saturated heterocycles. The van der Waals surface area contributed by atoms with E-state index in [-0.39, 0.29) is 29.3 Å². The van der Waals surface area contributed by atoms with Crippen molar-refractivity contribution in [2.24, 2.45) is 0 Å². The van der Waals surface area contributed by atoms with E-state index in [2.05, 4.69) is 22.3 Å². The number of carbonyl (C=O) groups excluding carboxylic acids is 2. The van der Waals surface area contributed by atoms with E-state index >= 15 is 0 Å². The van der Waals surface area contributed by atoms with Crippen LogP contribution in [0, 0.1) is 0 Å². The fourth-order valence-corrected chi connectivity index (χ4v) is 6.73. The lowest BCUT2D eigenvalue weighted by atomic mass is 9.80. The number of hydrogen-bond acceptors (Lipinski definition) is 4. The molecule has 6 nitrogen and oxygen atoms in total. The zero-order chi connectivity index (χ0) is 28.4. The first kappa shape index (κ1) is 28.5. The van der Waals surface area contributed by atoms with Gasteiger partial charge in [-0.3, -0.25) is 9.59 Å². The predicted molar refractivity (Wildman–Crippen MR) is 159 cm³/mol. The normalized spacial score (nSPS) is 19.3. The van der Waals surface area contributed by atoms with Gasteiger partial charge in [0.25, 0.3) is 5.91 Å². The summed E-state index contributed by atoms with van der Waals surface area (Å²) in [5, 5.41) is 4.28. The van der Waals surface area contributed by atoms with E-state index in [0.29, 0.717) is 21.4 Å². The topological polar surface area (TPSA) is 61.9 Å². The molecule has 3 aromatic rings. The minimum Gasteiger partial charge on any atom is -0.497 e. The molecule has 2 atom stereocenters. The number of fused-ring (bicyclic) bond motifs is 1. The third-order valence-electron chi connectivity index (χ3n) is 8.51. The molecule has 0 aliphatic carbocycles. The molecule has 2 aliphatic rings. The smallest absolute Gasteiger partial charge is 0.254 e. The second-order valence-electron chi connectivity index (χ2n) is 10.9. The van der Waals surface area contributed by atoms with Gasteiger partial charge in [0.05, 0.1) is 28.7 Å². The standard InChI is InChI=1S/C32H35Cl2N3O3/c1-21(38)35-32(23-7-5-4-6-8-23)14-17-37(18-15-32)16-13-25(22-9-12-28(33)29(34)19-22)30-26-11-10-24(40-3)20-27(26)31(39)36(30)2/h4-12,19-20,25,30H,13-18H2,1-3H3,(H,35,38). The Morgan fingerprint density at radius 2 is 1.77 bits per heavy atom. The molecule has 210 valence electrons. The first-order valence-electron chi connectivity index (χ1n) is 13.7. The van der Waals surface area contributed by atoms with E-state index < -0.39 is 0 Å². The van der Waals surface area contributed by atoms with Crippen molar-refractivity contribution in [1.82, 2.24) is 15.1 Å². The van der Waals surface area contributed by atoms with E-state index in [1.165, 1.54) is 0 Å². The van der Waals surface area contributed by atoms with Crippen molar-refractivity contribution in [3.8, 4) is 5.75 Å². The summed E-state index contributed by atoms with van der Waals surface area (Å²) in [7, 11) is 3.48. The van der Waals surface area contributed by atoms with Crippen molar-refractivity contribution in [2.45, 2.75) is 43.7 Å². The number of methoxy groups -OCH3 is 1. The lowest BCUT2D eigenvalue weighted by molar-refractivity contribution is -0.121. The van der Waals surface area contributed by atoms with Crippen LogP contribution in [0.3, 0.4) is 0 Å². The zero-order valence-corrected chi connectivity index (χ0v) is 24.6. The van der Waals surface area contributed by atoms with Crippen LogP contribution in [0.2, 0.25) is 10.0 Å². The molecule has 2 heterocycles. The number of rotatable bonds is 8. The number of carbonyl (C=O) groups is 2. The van der Waals surface area contributed by atoms with Crippen LogP contribution < -0.4 is 10.1 Å². The number of likely N-dealkylation sites (tertiary alicyclic amines) is 1.